The number of anilines is 2. The summed E-state index contributed by atoms with van der Waals surface area (Å²) in [5, 5.41) is 0. The zero-order valence-corrected chi connectivity index (χ0v) is 13.6. The van der Waals surface area contributed by atoms with Crippen molar-refractivity contribution in [3.8, 4) is 0 Å². The van der Waals surface area contributed by atoms with Crippen LogP contribution in [0.3, 0.4) is 0 Å². The molecule has 5 nitrogen and oxygen atoms in total. The van der Waals surface area contributed by atoms with E-state index in [1.807, 2.05) is 4.90 Å². The summed E-state index contributed by atoms with van der Waals surface area (Å²) >= 11 is 0. The number of hydrogen-bond acceptors (Lipinski definition) is 4. The van der Waals surface area contributed by atoms with E-state index >= 15 is 0 Å². The standard InChI is InChI=1S/C18H22N4O/c1-13-4-3-5-17(14(13)2)21-8-10-22(11-9-21)18(23)15-6-7-20-12-16(15)19/h3-7,12H,8-11,19H2,1-2H3. The topological polar surface area (TPSA) is 62.5 Å². The number of pyridine rings is 1. The molecule has 1 amide bonds. The van der Waals surface area contributed by atoms with Crippen LogP contribution in [-0.4, -0.2) is 42.0 Å². The zero-order valence-electron chi connectivity index (χ0n) is 13.6. The lowest BCUT2D eigenvalue weighted by Gasteiger charge is -2.37. The van der Waals surface area contributed by atoms with Gasteiger partial charge in [0.2, 0.25) is 0 Å². The highest BCUT2D eigenvalue weighted by molar-refractivity contribution is 5.99. The fourth-order valence-electron chi connectivity index (χ4n) is 3.00. The summed E-state index contributed by atoms with van der Waals surface area (Å²) in [6.07, 6.45) is 3.13. The molecule has 2 aromatic rings. The molecule has 0 aliphatic carbocycles. The van der Waals surface area contributed by atoms with Gasteiger partial charge in [-0.15, -0.1) is 0 Å². The molecule has 1 aromatic carbocycles. The van der Waals surface area contributed by atoms with Gasteiger partial charge in [-0.3, -0.25) is 9.78 Å². The molecular formula is C18H22N4O. The molecule has 1 aliphatic rings. The van der Waals surface area contributed by atoms with Gasteiger partial charge in [-0.05, 0) is 37.1 Å². The number of aryl methyl sites for hydroxylation is 1. The number of nitrogen functional groups attached to an aromatic ring is 1. The SMILES string of the molecule is Cc1cccc(N2CCN(C(=O)c3ccncc3N)CC2)c1C. The highest BCUT2D eigenvalue weighted by Gasteiger charge is 2.24. The van der Waals surface area contributed by atoms with Gasteiger partial charge in [-0.1, -0.05) is 12.1 Å². The molecule has 1 aliphatic heterocycles. The molecule has 0 radical (unpaired) electrons. The number of amides is 1. The molecule has 0 unspecified atom stereocenters. The first-order valence-electron chi connectivity index (χ1n) is 7.88. The summed E-state index contributed by atoms with van der Waals surface area (Å²) in [7, 11) is 0. The van der Waals surface area contributed by atoms with Gasteiger partial charge in [0, 0.05) is 38.1 Å². The van der Waals surface area contributed by atoms with Crippen molar-refractivity contribution < 1.29 is 4.79 Å². The van der Waals surface area contributed by atoms with Crippen LogP contribution < -0.4 is 10.6 Å². The van der Waals surface area contributed by atoms with Crippen LogP contribution >= 0.6 is 0 Å². The molecule has 5 heteroatoms. The van der Waals surface area contributed by atoms with Crippen LogP contribution in [0.4, 0.5) is 11.4 Å². The molecular weight excluding hydrogens is 288 g/mol. The van der Waals surface area contributed by atoms with E-state index in [1.54, 1.807) is 12.3 Å². The van der Waals surface area contributed by atoms with E-state index in [-0.39, 0.29) is 5.91 Å². The minimum Gasteiger partial charge on any atom is -0.397 e. The third kappa shape index (κ3) is 2.99. The monoisotopic (exact) mass is 310 g/mol. The van der Waals surface area contributed by atoms with Crippen LogP contribution in [0.15, 0.2) is 36.7 Å². The Bertz CT molecular complexity index is 721. The van der Waals surface area contributed by atoms with Gasteiger partial charge < -0.3 is 15.5 Å². The van der Waals surface area contributed by atoms with Crippen LogP contribution in [0, 0.1) is 13.8 Å². The lowest BCUT2D eigenvalue weighted by atomic mass is 10.1. The molecule has 1 aromatic heterocycles. The van der Waals surface area contributed by atoms with E-state index in [0.29, 0.717) is 24.3 Å². The van der Waals surface area contributed by atoms with Crippen LogP contribution in [0.2, 0.25) is 0 Å². The van der Waals surface area contributed by atoms with Crippen molar-refractivity contribution in [2.75, 3.05) is 36.8 Å². The molecule has 0 atom stereocenters. The second-order valence-corrected chi connectivity index (χ2v) is 5.96. The summed E-state index contributed by atoms with van der Waals surface area (Å²) in [4.78, 5) is 20.7. The van der Waals surface area contributed by atoms with E-state index in [4.69, 9.17) is 5.73 Å². The summed E-state index contributed by atoms with van der Waals surface area (Å²) < 4.78 is 0. The number of aromatic nitrogens is 1. The predicted octanol–water partition coefficient (Wildman–Crippen LogP) is 2.24. The molecule has 2 heterocycles. The third-order valence-corrected chi connectivity index (χ3v) is 4.57. The second-order valence-electron chi connectivity index (χ2n) is 5.96. The van der Waals surface area contributed by atoms with Crippen molar-refractivity contribution in [1.29, 1.82) is 0 Å². The Kier molecular flexibility index (Phi) is 4.19. The van der Waals surface area contributed by atoms with Crippen molar-refractivity contribution in [3.05, 3.63) is 53.3 Å². The van der Waals surface area contributed by atoms with E-state index in [0.717, 1.165) is 13.1 Å². The number of hydrogen-bond donors (Lipinski definition) is 1. The summed E-state index contributed by atoms with van der Waals surface area (Å²) in [6, 6.07) is 8.06. The van der Waals surface area contributed by atoms with Crippen LogP contribution in [0.1, 0.15) is 21.5 Å². The second kappa shape index (κ2) is 6.28. The Hall–Kier alpha value is -2.56. The van der Waals surface area contributed by atoms with Crippen molar-refractivity contribution in [3.63, 3.8) is 0 Å². The molecule has 0 bridgehead atoms. The number of benzene rings is 1. The number of piperazine rings is 1. The van der Waals surface area contributed by atoms with Gasteiger partial charge in [0.25, 0.3) is 5.91 Å². The van der Waals surface area contributed by atoms with E-state index in [2.05, 4.69) is 41.9 Å². The molecule has 2 N–H and O–H groups in total. The molecule has 3 rings (SSSR count). The van der Waals surface area contributed by atoms with Crippen molar-refractivity contribution in [2.45, 2.75) is 13.8 Å². The van der Waals surface area contributed by atoms with Gasteiger partial charge in [0.1, 0.15) is 0 Å². The Balaban J connectivity index is 1.70. The molecule has 0 saturated carbocycles. The fraction of sp³-hybridized carbons (Fsp3) is 0.333. The Morgan fingerprint density at radius 2 is 1.87 bits per heavy atom. The third-order valence-electron chi connectivity index (χ3n) is 4.57. The number of nitrogens with two attached hydrogens (primary N) is 1. The molecule has 0 spiro atoms. The number of carbonyl (C=O) groups excluding carboxylic acids is 1. The van der Waals surface area contributed by atoms with Gasteiger partial charge in [-0.2, -0.15) is 0 Å². The Labute approximate surface area is 136 Å². The van der Waals surface area contributed by atoms with Crippen LogP contribution in [0.25, 0.3) is 0 Å². The Morgan fingerprint density at radius 3 is 2.57 bits per heavy atom. The molecule has 1 saturated heterocycles. The van der Waals surface area contributed by atoms with Crippen molar-refractivity contribution in [1.82, 2.24) is 9.88 Å². The van der Waals surface area contributed by atoms with Crippen LogP contribution in [0.5, 0.6) is 0 Å². The first-order valence-corrected chi connectivity index (χ1v) is 7.88. The molecule has 1 fully saturated rings. The highest BCUT2D eigenvalue weighted by atomic mass is 16.2. The number of carbonyl (C=O) groups is 1. The quantitative estimate of drug-likeness (QED) is 0.924. The van der Waals surface area contributed by atoms with Crippen molar-refractivity contribution >= 4 is 17.3 Å². The van der Waals surface area contributed by atoms with Gasteiger partial charge in [-0.25, -0.2) is 0 Å². The van der Waals surface area contributed by atoms with Crippen LogP contribution in [-0.2, 0) is 0 Å². The minimum absolute atomic E-state index is 0.00878. The summed E-state index contributed by atoms with van der Waals surface area (Å²) in [5.41, 5.74) is 10.7. The lowest BCUT2D eigenvalue weighted by molar-refractivity contribution is 0.0747. The maximum Gasteiger partial charge on any atom is 0.256 e. The van der Waals surface area contributed by atoms with E-state index in [9.17, 15) is 4.79 Å². The summed E-state index contributed by atoms with van der Waals surface area (Å²) in [6.45, 7) is 7.36. The maximum atomic E-state index is 12.6. The first-order chi connectivity index (χ1) is 11.1. The van der Waals surface area contributed by atoms with Gasteiger partial charge in [0.05, 0.1) is 17.4 Å². The smallest absolute Gasteiger partial charge is 0.256 e. The van der Waals surface area contributed by atoms with E-state index in [1.165, 1.54) is 23.0 Å². The maximum absolute atomic E-state index is 12.6. The average molecular weight is 310 g/mol. The molecule has 120 valence electrons. The van der Waals surface area contributed by atoms with Gasteiger partial charge in [0.15, 0.2) is 0 Å². The molecule has 23 heavy (non-hydrogen) atoms. The lowest BCUT2D eigenvalue weighted by Crippen LogP contribution is -2.49. The zero-order chi connectivity index (χ0) is 16.4. The summed E-state index contributed by atoms with van der Waals surface area (Å²) in [5.74, 6) is -0.00878. The first kappa shape index (κ1) is 15.3. The van der Waals surface area contributed by atoms with Crippen molar-refractivity contribution in [2.24, 2.45) is 0 Å². The predicted molar refractivity (Wildman–Crippen MR) is 92.7 cm³/mol. The average Bonchev–Trinajstić information content (AvgIpc) is 2.57. The largest absolute Gasteiger partial charge is 0.397 e. The normalized spacial score (nSPS) is 14.9. The number of nitrogens with zero attached hydrogens (tertiary/aromatic N) is 3. The fourth-order valence-corrected chi connectivity index (χ4v) is 3.00. The number of rotatable bonds is 2. The minimum atomic E-state index is -0.00878. The van der Waals surface area contributed by atoms with Gasteiger partial charge >= 0.3 is 0 Å². The highest BCUT2D eigenvalue weighted by Crippen LogP contribution is 2.24. The Morgan fingerprint density at radius 1 is 1.13 bits per heavy atom. The van der Waals surface area contributed by atoms with E-state index < -0.39 is 0 Å².